The Kier molecular flexibility index (Phi) is 7.55. The highest BCUT2D eigenvalue weighted by atomic mass is 32.2. The first-order valence-electron chi connectivity index (χ1n) is 10.6. The molecule has 15 nitrogen and oxygen atoms in total. The number of aromatic hydroxyl groups is 1. The summed E-state index contributed by atoms with van der Waals surface area (Å²) < 4.78 is 5.02. The first-order chi connectivity index (χ1) is 17.6. The number of amides is 2. The third-order valence-corrected chi connectivity index (χ3v) is 8.11. The van der Waals surface area contributed by atoms with Crippen molar-refractivity contribution in [2.45, 2.75) is 34.3 Å². The molecule has 17 heteroatoms. The molecule has 4 rings (SSSR count). The lowest BCUT2D eigenvalue weighted by Gasteiger charge is -2.50. The van der Waals surface area contributed by atoms with Crippen LogP contribution in [-0.4, -0.2) is 94.1 Å². The number of nitrogens with zero attached hydrogens (tertiary/aromatic N) is 4. The minimum absolute atomic E-state index is 0.0934. The van der Waals surface area contributed by atoms with E-state index in [2.05, 4.69) is 25.9 Å². The number of aliphatic carboxylic acids is 2. The number of carbonyl (C=O) groups excluding carboxylic acids is 2. The summed E-state index contributed by atoms with van der Waals surface area (Å²) >= 11 is 2.12. The predicted molar refractivity (Wildman–Crippen MR) is 127 cm³/mol. The van der Waals surface area contributed by atoms with Crippen LogP contribution in [0.15, 0.2) is 34.6 Å². The molecule has 0 spiro atoms. The fourth-order valence-electron chi connectivity index (χ4n) is 3.90. The number of ether oxygens (including phenoxy) is 1. The van der Waals surface area contributed by atoms with E-state index in [0.717, 1.165) is 16.7 Å². The number of tetrazole rings is 1. The van der Waals surface area contributed by atoms with E-state index in [9.17, 15) is 34.5 Å². The van der Waals surface area contributed by atoms with Gasteiger partial charge in [0.25, 0.3) is 5.91 Å². The summed E-state index contributed by atoms with van der Waals surface area (Å²) in [6.07, 6.45) is -0.435. The second-order valence-corrected chi connectivity index (χ2v) is 10.2. The Labute approximate surface area is 216 Å². The number of carboxylic acids is 2. The number of phenolic OH excluding ortho intramolecular Hbond substituents is 1. The number of rotatable bonds is 10. The normalized spacial score (nSPS) is 20.5. The van der Waals surface area contributed by atoms with Gasteiger partial charge >= 0.3 is 11.9 Å². The molecule has 0 radical (unpaired) electrons. The highest BCUT2D eigenvalue weighted by Gasteiger charge is 2.55. The van der Waals surface area contributed by atoms with E-state index in [4.69, 9.17) is 10.5 Å². The maximum atomic E-state index is 13.0. The van der Waals surface area contributed by atoms with Crippen LogP contribution in [0.5, 0.6) is 11.5 Å². The lowest BCUT2D eigenvalue weighted by Crippen LogP contribution is -2.71. The molecule has 1 saturated heterocycles. The van der Waals surface area contributed by atoms with Crippen molar-refractivity contribution < 1.29 is 39.2 Å². The summed E-state index contributed by atoms with van der Waals surface area (Å²) in [5.74, 6) is -3.85. The van der Waals surface area contributed by atoms with E-state index < -0.39 is 52.9 Å². The van der Waals surface area contributed by atoms with Crippen LogP contribution in [0.25, 0.3) is 0 Å². The Morgan fingerprint density at radius 2 is 2.14 bits per heavy atom. The Balaban J connectivity index is 1.54. The number of carbonyl (C=O) groups is 4. The van der Waals surface area contributed by atoms with E-state index in [1.54, 1.807) is 0 Å². The van der Waals surface area contributed by atoms with Gasteiger partial charge in [-0.25, -0.2) is 9.89 Å². The molecule has 3 heterocycles. The maximum Gasteiger partial charge on any atom is 0.352 e. The van der Waals surface area contributed by atoms with Gasteiger partial charge in [0.15, 0.2) is 11.5 Å². The molecule has 2 aromatic rings. The number of H-pyrrole nitrogens is 1. The van der Waals surface area contributed by atoms with Gasteiger partial charge in [0, 0.05) is 11.0 Å². The third-order valence-electron chi connectivity index (χ3n) is 5.67. The minimum atomic E-state index is -1.40. The van der Waals surface area contributed by atoms with Crippen molar-refractivity contribution >= 4 is 47.3 Å². The number of β-lactam (4-membered cyclic amide) rings is 1. The number of hydrogen-bond donors (Lipinski definition) is 6. The zero-order chi connectivity index (χ0) is 26.9. The van der Waals surface area contributed by atoms with Gasteiger partial charge in [-0.3, -0.25) is 19.3 Å². The molecule has 4 atom stereocenters. The number of methoxy groups -OCH3 is 1. The number of benzene rings is 1. The number of phenols is 1. The summed E-state index contributed by atoms with van der Waals surface area (Å²) in [5.41, 5.74) is 6.26. The summed E-state index contributed by atoms with van der Waals surface area (Å²) in [5, 5.41) is 43.3. The topological polar surface area (TPSA) is 234 Å². The lowest BCUT2D eigenvalue weighted by molar-refractivity contribution is -0.150. The standard InChI is InChI=1S/C20H21N7O8S2/c1-35-10-4-7(2-3-9(10)28)13(21)16(31)22-14-17(32)27-15(19(33)34)8(6-36-18(14)27)11(5-12(29)30)37-20-23-25-26-24-20/h2-4,11,13-14,18,28H,5-6,21H2,1H3,(H,22,31)(H,29,30)(H,33,34)(H,23,24,25,26)/t11?,13?,14?,18-/m0/s1. The first-order valence-corrected chi connectivity index (χ1v) is 12.5. The zero-order valence-corrected chi connectivity index (χ0v) is 20.7. The van der Waals surface area contributed by atoms with Gasteiger partial charge in [0.05, 0.1) is 13.5 Å². The van der Waals surface area contributed by atoms with Crippen LogP contribution in [0, 0.1) is 0 Å². The van der Waals surface area contributed by atoms with Gasteiger partial charge in [-0.2, -0.15) is 0 Å². The van der Waals surface area contributed by atoms with Crippen molar-refractivity contribution in [2.24, 2.45) is 5.73 Å². The van der Waals surface area contributed by atoms with Crippen LogP contribution in [0.4, 0.5) is 0 Å². The number of nitrogens with two attached hydrogens (primary N) is 1. The highest BCUT2D eigenvalue weighted by Crippen LogP contribution is 2.44. The quantitative estimate of drug-likeness (QED) is 0.158. The molecule has 2 amide bonds. The van der Waals surface area contributed by atoms with Crippen LogP contribution in [0.3, 0.4) is 0 Å². The number of carboxylic acid groups (broad SMARTS) is 2. The molecule has 3 unspecified atom stereocenters. The molecule has 0 aliphatic carbocycles. The Hall–Kier alpha value is -3.83. The van der Waals surface area contributed by atoms with E-state index >= 15 is 0 Å². The van der Waals surface area contributed by atoms with Gasteiger partial charge in [-0.05, 0) is 33.7 Å². The fourth-order valence-corrected chi connectivity index (χ4v) is 6.44. The van der Waals surface area contributed by atoms with E-state index in [1.165, 1.54) is 37.1 Å². The second-order valence-electron chi connectivity index (χ2n) is 7.89. The first kappa shape index (κ1) is 26.2. The SMILES string of the molecule is COc1cc(C(N)C(=O)NC2C(=O)N3C(C(=O)O)=C(C(CC(=O)O)Sc4nnn[nH]4)CS[C@@H]23)ccc1O. The number of nitrogens with one attached hydrogen (secondary N) is 2. The molecule has 0 saturated carbocycles. The van der Waals surface area contributed by atoms with Crippen LogP contribution in [0.2, 0.25) is 0 Å². The lowest BCUT2D eigenvalue weighted by atomic mass is 9.99. The molecular formula is C20H21N7O8S2. The largest absolute Gasteiger partial charge is 0.504 e. The molecule has 2 aliphatic rings. The number of fused-ring (bicyclic) bond motifs is 1. The van der Waals surface area contributed by atoms with Crippen LogP contribution >= 0.6 is 23.5 Å². The summed E-state index contributed by atoms with van der Waals surface area (Å²) in [6, 6.07) is 1.92. The Morgan fingerprint density at radius 3 is 2.76 bits per heavy atom. The highest BCUT2D eigenvalue weighted by molar-refractivity contribution is 8.01. The van der Waals surface area contributed by atoms with E-state index in [-0.39, 0.29) is 33.7 Å². The predicted octanol–water partition coefficient (Wildman–Crippen LogP) is -0.712. The molecule has 1 fully saturated rings. The summed E-state index contributed by atoms with van der Waals surface area (Å²) in [7, 11) is 1.34. The molecule has 196 valence electrons. The molecular weight excluding hydrogens is 530 g/mol. The summed E-state index contributed by atoms with van der Waals surface area (Å²) in [6.45, 7) is 0. The molecule has 2 aliphatic heterocycles. The second kappa shape index (κ2) is 10.7. The molecule has 0 bridgehead atoms. The van der Waals surface area contributed by atoms with E-state index in [0.29, 0.717) is 5.56 Å². The van der Waals surface area contributed by atoms with Crippen molar-refractivity contribution in [1.82, 2.24) is 30.8 Å². The van der Waals surface area contributed by atoms with Crippen LogP contribution in [-0.2, 0) is 19.2 Å². The average Bonchev–Trinajstić information content (AvgIpc) is 3.38. The number of thioether (sulfide) groups is 2. The third kappa shape index (κ3) is 5.18. The number of aromatic amines is 1. The van der Waals surface area contributed by atoms with Gasteiger partial charge in [-0.15, -0.1) is 16.9 Å². The molecule has 37 heavy (non-hydrogen) atoms. The van der Waals surface area contributed by atoms with Crippen molar-refractivity contribution in [1.29, 1.82) is 0 Å². The minimum Gasteiger partial charge on any atom is -0.504 e. The van der Waals surface area contributed by atoms with Crippen molar-refractivity contribution in [3.8, 4) is 11.5 Å². The maximum absolute atomic E-state index is 13.0. The molecule has 7 N–H and O–H groups in total. The van der Waals surface area contributed by atoms with Crippen molar-refractivity contribution in [2.75, 3.05) is 12.9 Å². The zero-order valence-electron chi connectivity index (χ0n) is 19.0. The van der Waals surface area contributed by atoms with E-state index in [1.807, 2.05) is 0 Å². The van der Waals surface area contributed by atoms with Crippen LogP contribution < -0.4 is 15.8 Å². The number of hydrogen-bond acceptors (Lipinski definition) is 12. The smallest absolute Gasteiger partial charge is 0.352 e. The Morgan fingerprint density at radius 1 is 1.38 bits per heavy atom. The molecule has 1 aromatic carbocycles. The van der Waals surface area contributed by atoms with Crippen LogP contribution in [0.1, 0.15) is 18.0 Å². The Bertz CT molecular complexity index is 1270. The van der Waals surface area contributed by atoms with Crippen molar-refractivity contribution in [3.05, 3.63) is 35.0 Å². The fraction of sp³-hybridized carbons (Fsp3) is 0.350. The molecule has 1 aromatic heterocycles. The van der Waals surface area contributed by atoms with Gasteiger partial charge in [-0.1, -0.05) is 17.8 Å². The van der Waals surface area contributed by atoms with Gasteiger partial charge < -0.3 is 31.1 Å². The van der Waals surface area contributed by atoms with Gasteiger partial charge in [0.1, 0.15) is 23.2 Å². The summed E-state index contributed by atoms with van der Waals surface area (Å²) in [4.78, 5) is 50.5. The van der Waals surface area contributed by atoms with Gasteiger partial charge in [0.2, 0.25) is 11.1 Å². The average molecular weight is 552 g/mol. The monoisotopic (exact) mass is 551 g/mol. The van der Waals surface area contributed by atoms with Crippen molar-refractivity contribution in [3.63, 3.8) is 0 Å². The number of aromatic nitrogens is 4.